The smallest absolute Gasteiger partial charge is 0.312 e. The van der Waals surface area contributed by atoms with Crippen molar-refractivity contribution in [3.63, 3.8) is 0 Å². The lowest BCUT2D eigenvalue weighted by molar-refractivity contribution is -0.154. The van der Waals surface area contributed by atoms with Gasteiger partial charge in [-0.1, -0.05) is 25.5 Å². The molecule has 0 aliphatic carbocycles. The highest BCUT2D eigenvalue weighted by atomic mass is 16.6. The molecule has 0 aromatic heterocycles. The molecule has 4 atom stereocenters. The van der Waals surface area contributed by atoms with E-state index in [0.717, 1.165) is 12.8 Å². The Balaban J connectivity index is 1.79. The van der Waals surface area contributed by atoms with Gasteiger partial charge in [0, 0.05) is 6.04 Å². The van der Waals surface area contributed by atoms with Crippen LogP contribution in [-0.4, -0.2) is 47.7 Å². The van der Waals surface area contributed by atoms with Crippen molar-refractivity contribution in [2.75, 3.05) is 13.2 Å². The summed E-state index contributed by atoms with van der Waals surface area (Å²) in [6, 6.07) is 0.116. The number of carbonyl (C=O) groups excluding carboxylic acids is 2. The quantitative estimate of drug-likeness (QED) is 0.438. The fourth-order valence-corrected chi connectivity index (χ4v) is 3.65. The molecule has 5 nitrogen and oxygen atoms in total. The number of unbranched alkanes of at least 4 members (excludes halogenated alkanes) is 1. The third-order valence-electron chi connectivity index (χ3n) is 4.77. The van der Waals surface area contributed by atoms with E-state index in [-0.39, 0.29) is 24.0 Å². The zero-order valence-electron chi connectivity index (χ0n) is 12.9. The fraction of sp³-hybridized carbons (Fsp3) is 0.750. The number of esters is 1. The van der Waals surface area contributed by atoms with Gasteiger partial charge < -0.3 is 14.4 Å². The number of amides is 1. The molecule has 3 aliphatic heterocycles. The van der Waals surface area contributed by atoms with Gasteiger partial charge in [-0.2, -0.15) is 0 Å². The lowest BCUT2D eigenvalue weighted by Gasteiger charge is -2.24. The maximum atomic E-state index is 12.7. The summed E-state index contributed by atoms with van der Waals surface area (Å²) in [5.41, 5.74) is -0.611. The second-order valence-electron chi connectivity index (χ2n) is 6.48. The van der Waals surface area contributed by atoms with Gasteiger partial charge in [-0.25, -0.2) is 0 Å². The molecule has 1 spiro atoms. The molecule has 0 aromatic rings. The number of likely N-dealkylation sites (tertiary alicyclic amines) is 1. The zero-order chi connectivity index (χ0) is 15.2. The van der Waals surface area contributed by atoms with Crippen LogP contribution in [0.2, 0.25) is 0 Å². The second kappa shape index (κ2) is 5.13. The molecule has 21 heavy (non-hydrogen) atoms. The average Bonchev–Trinajstić information content (AvgIpc) is 3.07. The number of fused-ring (bicyclic) bond motifs is 1. The van der Waals surface area contributed by atoms with Crippen molar-refractivity contribution in [3.05, 3.63) is 12.2 Å². The van der Waals surface area contributed by atoms with Gasteiger partial charge in [0.15, 0.2) is 0 Å². The van der Waals surface area contributed by atoms with Gasteiger partial charge in [-0.3, -0.25) is 9.59 Å². The molecule has 3 aliphatic rings. The molecular weight excluding hydrogens is 270 g/mol. The third-order valence-corrected chi connectivity index (χ3v) is 4.77. The molecule has 2 bridgehead atoms. The van der Waals surface area contributed by atoms with E-state index in [0.29, 0.717) is 13.2 Å². The Morgan fingerprint density at radius 2 is 2.33 bits per heavy atom. The van der Waals surface area contributed by atoms with Crippen LogP contribution in [0, 0.1) is 11.8 Å². The minimum absolute atomic E-state index is 0.0225. The highest BCUT2D eigenvalue weighted by Crippen LogP contribution is 2.52. The van der Waals surface area contributed by atoms with E-state index in [2.05, 4.69) is 0 Å². The van der Waals surface area contributed by atoms with Crippen LogP contribution < -0.4 is 0 Å². The number of ether oxygens (including phenoxy) is 2. The Hall–Kier alpha value is -1.36. The predicted molar refractivity (Wildman–Crippen MR) is 76.4 cm³/mol. The minimum atomic E-state index is -0.611. The van der Waals surface area contributed by atoms with E-state index in [1.54, 1.807) is 0 Å². The first-order chi connectivity index (χ1) is 10.00. The Kier molecular flexibility index (Phi) is 3.56. The van der Waals surface area contributed by atoms with Crippen molar-refractivity contribution >= 4 is 11.9 Å². The molecule has 3 heterocycles. The van der Waals surface area contributed by atoms with Crippen LogP contribution >= 0.6 is 0 Å². The van der Waals surface area contributed by atoms with Gasteiger partial charge in [0.25, 0.3) is 0 Å². The van der Waals surface area contributed by atoms with Crippen LogP contribution in [0.5, 0.6) is 0 Å². The first-order valence-corrected chi connectivity index (χ1v) is 7.84. The minimum Gasteiger partial charge on any atom is -0.465 e. The predicted octanol–water partition coefficient (Wildman–Crippen LogP) is 1.52. The fourth-order valence-electron chi connectivity index (χ4n) is 3.65. The Morgan fingerprint density at radius 3 is 3.00 bits per heavy atom. The summed E-state index contributed by atoms with van der Waals surface area (Å²) in [4.78, 5) is 26.8. The van der Waals surface area contributed by atoms with Crippen LogP contribution in [0.4, 0.5) is 0 Å². The molecule has 0 unspecified atom stereocenters. The summed E-state index contributed by atoms with van der Waals surface area (Å²) in [5, 5.41) is 0. The number of rotatable bonds is 5. The zero-order valence-corrected chi connectivity index (χ0v) is 12.9. The number of nitrogens with zero attached hydrogens (tertiary/aromatic N) is 1. The van der Waals surface area contributed by atoms with Crippen molar-refractivity contribution in [1.29, 1.82) is 0 Å². The number of hydrogen-bond acceptors (Lipinski definition) is 4. The average molecular weight is 293 g/mol. The third kappa shape index (κ3) is 2.09. The largest absolute Gasteiger partial charge is 0.465 e. The van der Waals surface area contributed by atoms with Crippen molar-refractivity contribution in [2.45, 2.75) is 51.4 Å². The Morgan fingerprint density at radius 1 is 1.57 bits per heavy atom. The van der Waals surface area contributed by atoms with Gasteiger partial charge in [0.05, 0.1) is 25.2 Å². The first-order valence-electron chi connectivity index (χ1n) is 7.84. The van der Waals surface area contributed by atoms with E-state index in [1.807, 2.05) is 37.8 Å². The summed E-state index contributed by atoms with van der Waals surface area (Å²) in [6.45, 7) is 6.98. The molecular formula is C16H23NO4. The molecule has 0 radical (unpaired) electrons. The van der Waals surface area contributed by atoms with E-state index < -0.39 is 17.4 Å². The molecule has 3 rings (SSSR count). The molecule has 0 saturated carbocycles. The van der Waals surface area contributed by atoms with Crippen LogP contribution in [0.15, 0.2) is 12.2 Å². The normalized spacial score (nSPS) is 36.7. The van der Waals surface area contributed by atoms with Crippen LogP contribution in [-0.2, 0) is 19.1 Å². The lowest BCUT2D eigenvalue weighted by Crippen LogP contribution is -2.40. The topological polar surface area (TPSA) is 55.8 Å². The van der Waals surface area contributed by atoms with E-state index in [1.165, 1.54) is 0 Å². The summed E-state index contributed by atoms with van der Waals surface area (Å²) in [6.07, 6.45) is 5.41. The Labute approximate surface area is 125 Å². The van der Waals surface area contributed by atoms with Gasteiger partial charge in [-0.05, 0) is 20.3 Å². The number of hydrogen-bond donors (Lipinski definition) is 0. The maximum Gasteiger partial charge on any atom is 0.312 e. The maximum absolute atomic E-state index is 12.7. The molecule has 2 saturated heterocycles. The summed E-state index contributed by atoms with van der Waals surface area (Å²) < 4.78 is 11.3. The van der Waals surface area contributed by atoms with Crippen molar-refractivity contribution < 1.29 is 19.1 Å². The Bertz CT molecular complexity index is 487. The van der Waals surface area contributed by atoms with Crippen molar-refractivity contribution in [1.82, 2.24) is 4.90 Å². The van der Waals surface area contributed by atoms with E-state index >= 15 is 0 Å². The van der Waals surface area contributed by atoms with Gasteiger partial charge in [-0.15, -0.1) is 0 Å². The summed E-state index contributed by atoms with van der Waals surface area (Å²) >= 11 is 0. The standard InChI is InChI=1S/C16H23NO4/c1-4-5-8-20-15(19)12-11-6-7-16(21-11)9-17(10(2)3)14(18)13(12)16/h6-7,10-13H,4-5,8-9H2,1-3H3/t11-,12+,13+,16+/m1/s1. The molecule has 1 amide bonds. The number of carbonyl (C=O) groups is 2. The molecule has 0 aromatic carbocycles. The monoisotopic (exact) mass is 293 g/mol. The SMILES string of the molecule is CCCCOC(=O)[C@@H]1[C@H]2C(=O)N(C(C)C)C[C@@]23C=C[C@H]1O3. The summed E-state index contributed by atoms with van der Waals surface area (Å²) in [7, 11) is 0. The van der Waals surface area contributed by atoms with Gasteiger partial charge >= 0.3 is 5.97 Å². The van der Waals surface area contributed by atoms with Crippen molar-refractivity contribution in [3.8, 4) is 0 Å². The molecule has 116 valence electrons. The highest BCUT2D eigenvalue weighted by molar-refractivity contribution is 5.91. The van der Waals surface area contributed by atoms with Crippen molar-refractivity contribution in [2.24, 2.45) is 11.8 Å². The second-order valence-corrected chi connectivity index (χ2v) is 6.48. The van der Waals surface area contributed by atoms with E-state index in [9.17, 15) is 9.59 Å². The van der Waals surface area contributed by atoms with Gasteiger partial charge in [0.1, 0.15) is 11.5 Å². The van der Waals surface area contributed by atoms with Crippen LogP contribution in [0.1, 0.15) is 33.6 Å². The molecule has 0 N–H and O–H groups in total. The first kappa shape index (κ1) is 14.6. The molecule has 2 fully saturated rings. The van der Waals surface area contributed by atoms with Crippen LogP contribution in [0.3, 0.4) is 0 Å². The van der Waals surface area contributed by atoms with Crippen LogP contribution in [0.25, 0.3) is 0 Å². The summed E-state index contributed by atoms with van der Waals surface area (Å²) in [5.74, 6) is -1.16. The van der Waals surface area contributed by atoms with Gasteiger partial charge in [0.2, 0.25) is 5.91 Å². The highest BCUT2D eigenvalue weighted by Gasteiger charge is 2.67. The lowest BCUT2D eigenvalue weighted by atomic mass is 9.77. The van der Waals surface area contributed by atoms with E-state index in [4.69, 9.17) is 9.47 Å². The molecule has 5 heteroatoms.